The van der Waals surface area contributed by atoms with Crippen molar-refractivity contribution in [2.24, 2.45) is 0 Å². The highest BCUT2D eigenvalue weighted by atomic mass is 35.5. The Kier molecular flexibility index (Phi) is 5.04. The maximum absolute atomic E-state index is 13.2. The van der Waals surface area contributed by atoms with Gasteiger partial charge in [-0.3, -0.25) is 14.5 Å². The van der Waals surface area contributed by atoms with Crippen LogP contribution in [0.15, 0.2) is 48.5 Å². The Hall–Kier alpha value is -2.86. The fraction of sp³-hybridized carbons (Fsp3) is 0.318. The Balaban J connectivity index is 1.52. The lowest BCUT2D eigenvalue weighted by atomic mass is 9.87. The molecule has 1 fully saturated rings. The van der Waals surface area contributed by atoms with Gasteiger partial charge in [0, 0.05) is 18.1 Å². The number of amides is 4. The van der Waals surface area contributed by atoms with E-state index in [9.17, 15) is 14.4 Å². The highest BCUT2D eigenvalue weighted by Crippen LogP contribution is 2.33. The summed E-state index contributed by atoms with van der Waals surface area (Å²) in [7, 11) is 0. The summed E-state index contributed by atoms with van der Waals surface area (Å²) in [5.41, 5.74) is 1.83. The van der Waals surface area contributed by atoms with E-state index < -0.39 is 17.5 Å². The van der Waals surface area contributed by atoms with E-state index in [-0.39, 0.29) is 12.5 Å². The number of nitrogens with one attached hydrogen (secondary N) is 1. The van der Waals surface area contributed by atoms with Crippen molar-refractivity contribution in [3.05, 3.63) is 70.2 Å². The van der Waals surface area contributed by atoms with Crippen molar-refractivity contribution in [1.29, 1.82) is 0 Å². The summed E-state index contributed by atoms with van der Waals surface area (Å²) in [4.78, 5) is 41.4. The number of rotatable bonds is 4. The van der Waals surface area contributed by atoms with Crippen molar-refractivity contribution < 1.29 is 14.4 Å². The van der Waals surface area contributed by atoms with Crippen LogP contribution in [0.4, 0.5) is 4.79 Å². The first-order valence-electron chi connectivity index (χ1n) is 9.69. The lowest BCUT2D eigenvalue weighted by Crippen LogP contribution is -2.46. The van der Waals surface area contributed by atoms with Gasteiger partial charge >= 0.3 is 6.03 Å². The summed E-state index contributed by atoms with van der Waals surface area (Å²) in [6.07, 6.45) is 1.15. The molecule has 7 heteroatoms. The SMILES string of the molecule is CC[C@@]1(c2ccc(Cl)cc2)NC(=O)N(CC(=O)N2CCc3ccccc3C2)C1=O. The fourth-order valence-corrected chi connectivity index (χ4v) is 4.21. The lowest BCUT2D eigenvalue weighted by molar-refractivity contribution is -0.139. The fourth-order valence-electron chi connectivity index (χ4n) is 4.09. The Morgan fingerprint density at radius 1 is 1.10 bits per heavy atom. The number of carbonyl (C=O) groups is 3. The van der Waals surface area contributed by atoms with Crippen molar-refractivity contribution in [2.45, 2.75) is 31.8 Å². The van der Waals surface area contributed by atoms with Gasteiger partial charge in [0.15, 0.2) is 0 Å². The Morgan fingerprint density at radius 3 is 2.48 bits per heavy atom. The first-order chi connectivity index (χ1) is 13.9. The molecule has 0 saturated carbocycles. The van der Waals surface area contributed by atoms with Gasteiger partial charge in [-0.15, -0.1) is 0 Å². The third kappa shape index (κ3) is 3.38. The Bertz CT molecular complexity index is 976. The maximum Gasteiger partial charge on any atom is 0.325 e. The number of urea groups is 1. The van der Waals surface area contributed by atoms with Crippen molar-refractivity contribution >= 4 is 29.4 Å². The molecule has 1 saturated heterocycles. The summed E-state index contributed by atoms with van der Waals surface area (Å²) >= 11 is 5.96. The van der Waals surface area contributed by atoms with Gasteiger partial charge in [-0.1, -0.05) is 54.9 Å². The quantitative estimate of drug-likeness (QED) is 0.786. The third-order valence-corrected chi connectivity index (χ3v) is 6.07. The molecule has 2 aliphatic rings. The molecule has 0 radical (unpaired) electrons. The summed E-state index contributed by atoms with van der Waals surface area (Å²) in [6.45, 7) is 2.65. The maximum atomic E-state index is 13.2. The van der Waals surface area contributed by atoms with Crippen LogP contribution in [0.5, 0.6) is 0 Å². The zero-order valence-corrected chi connectivity index (χ0v) is 16.9. The van der Waals surface area contributed by atoms with Crippen molar-refractivity contribution in [1.82, 2.24) is 15.1 Å². The average Bonchev–Trinajstić information content (AvgIpc) is 2.99. The molecular weight excluding hydrogens is 390 g/mol. The number of nitrogens with zero attached hydrogens (tertiary/aromatic N) is 2. The minimum atomic E-state index is -1.17. The molecule has 0 bridgehead atoms. The second-order valence-electron chi connectivity index (χ2n) is 7.42. The highest BCUT2D eigenvalue weighted by Gasteiger charge is 2.51. The van der Waals surface area contributed by atoms with Crippen LogP contribution in [-0.4, -0.2) is 40.7 Å². The van der Waals surface area contributed by atoms with Crippen LogP contribution < -0.4 is 5.32 Å². The molecule has 0 unspecified atom stereocenters. The van der Waals surface area contributed by atoms with Gasteiger partial charge < -0.3 is 10.2 Å². The number of halogens is 1. The van der Waals surface area contributed by atoms with E-state index in [2.05, 4.69) is 11.4 Å². The van der Waals surface area contributed by atoms with Gasteiger partial charge in [0.25, 0.3) is 5.91 Å². The molecule has 29 heavy (non-hydrogen) atoms. The van der Waals surface area contributed by atoms with Crippen LogP contribution in [0.2, 0.25) is 5.02 Å². The summed E-state index contributed by atoms with van der Waals surface area (Å²) < 4.78 is 0. The van der Waals surface area contributed by atoms with Crippen molar-refractivity contribution in [3.63, 3.8) is 0 Å². The van der Waals surface area contributed by atoms with E-state index in [4.69, 9.17) is 11.6 Å². The summed E-state index contributed by atoms with van der Waals surface area (Å²) in [5, 5.41) is 3.35. The topological polar surface area (TPSA) is 69.7 Å². The molecular formula is C22H22ClN3O3. The molecule has 0 aromatic heterocycles. The monoisotopic (exact) mass is 411 g/mol. The molecule has 1 N–H and O–H groups in total. The summed E-state index contributed by atoms with van der Waals surface area (Å²) in [6, 6.07) is 14.3. The number of imide groups is 1. The van der Waals surface area contributed by atoms with Crippen molar-refractivity contribution in [2.75, 3.05) is 13.1 Å². The van der Waals surface area contributed by atoms with Gasteiger partial charge in [-0.25, -0.2) is 4.79 Å². The number of fused-ring (bicyclic) bond motifs is 1. The van der Waals surface area contributed by atoms with Crippen LogP contribution in [0.1, 0.15) is 30.0 Å². The third-order valence-electron chi connectivity index (χ3n) is 5.82. The lowest BCUT2D eigenvalue weighted by Gasteiger charge is -2.30. The standard InChI is InChI=1S/C22H22ClN3O3/c1-2-22(17-7-9-18(23)10-8-17)20(28)26(21(29)24-22)14-19(27)25-12-11-15-5-3-4-6-16(15)13-25/h3-10H,2,11-14H2,1H3,(H,24,29)/t22-/m0/s1. The summed E-state index contributed by atoms with van der Waals surface area (Å²) in [5.74, 6) is -0.635. The van der Waals surface area contributed by atoms with Crippen LogP contribution in [0.3, 0.4) is 0 Å². The van der Waals surface area contributed by atoms with Crippen molar-refractivity contribution in [3.8, 4) is 0 Å². The smallest absolute Gasteiger partial charge is 0.325 e. The predicted octanol–water partition coefficient (Wildman–Crippen LogP) is 3.08. The van der Waals surface area contributed by atoms with E-state index in [1.165, 1.54) is 5.56 Å². The first-order valence-corrected chi connectivity index (χ1v) is 10.1. The number of hydrogen-bond donors (Lipinski definition) is 1. The number of benzene rings is 2. The zero-order valence-electron chi connectivity index (χ0n) is 16.2. The van der Waals surface area contributed by atoms with Gasteiger partial charge in [0.2, 0.25) is 5.91 Å². The molecule has 2 aromatic carbocycles. The van der Waals surface area contributed by atoms with E-state index in [0.29, 0.717) is 30.1 Å². The molecule has 2 aliphatic heterocycles. The number of hydrogen-bond acceptors (Lipinski definition) is 3. The van der Waals surface area contributed by atoms with E-state index in [1.54, 1.807) is 29.2 Å². The van der Waals surface area contributed by atoms with Gasteiger partial charge in [-0.2, -0.15) is 0 Å². The minimum absolute atomic E-state index is 0.231. The second-order valence-corrected chi connectivity index (χ2v) is 7.86. The molecule has 0 spiro atoms. The average molecular weight is 412 g/mol. The first kappa shape index (κ1) is 19.5. The van der Waals surface area contributed by atoms with Gasteiger partial charge in [0.05, 0.1) is 0 Å². The van der Waals surface area contributed by atoms with Gasteiger partial charge in [-0.05, 0) is 41.7 Å². The molecule has 4 amide bonds. The van der Waals surface area contributed by atoms with Crippen LogP contribution in [0.25, 0.3) is 0 Å². The van der Waals surface area contributed by atoms with E-state index >= 15 is 0 Å². The Labute approximate surface area is 174 Å². The molecule has 2 heterocycles. The van der Waals surface area contributed by atoms with E-state index in [1.807, 2.05) is 25.1 Å². The van der Waals surface area contributed by atoms with Crippen LogP contribution >= 0.6 is 11.6 Å². The molecule has 2 aromatic rings. The number of carbonyl (C=O) groups excluding carboxylic acids is 3. The van der Waals surface area contributed by atoms with Gasteiger partial charge in [0.1, 0.15) is 12.1 Å². The predicted molar refractivity (Wildman–Crippen MR) is 109 cm³/mol. The molecule has 150 valence electrons. The molecule has 1 atom stereocenters. The second kappa shape index (κ2) is 7.52. The van der Waals surface area contributed by atoms with Crippen LogP contribution in [0, 0.1) is 0 Å². The molecule has 0 aliphatic carbocycles. The van der Waals surface area contributed by atoms with Crippen LogP contribution in [-0.2, 0) is 28.1 Å². The highest BCUT2D eigenvalue weighted by molar-refractivity contribution is 6.30. The zero-order chi connectivity index (χ0) is 20.6. The molecule has 6 nitrogen and oxygen atoms in total. The Morgan fingerprint density at radius 2 is 1.79 bits per heavy atom. The largest absolute Gasteiger partial charge is 0.336 e. The minimum Gasteiger partial charge on any atom is -0.336 e. The van der Waals surface area contributed by atoms with E-state index in [0.717, 1.165) is 16.9 Å². The molecule has 4 rings (SSSR count). The normalized spacial score (nSPS) is 21.2.